The molecule has 2 aromatic rings. The predicted molar refractivity (Wildman–Crippen MR) is 120 cm³/mol. The number of nitrogens with zero attached hydrogens (tertiary/aromatic N) is 1. The maximum atomic E-state index is 10.9. The highest BCUT2D eigenvalue weighted by molar-refractivity contribution is 6.20. The summed E-state index contributed by atoms with van der Waals surface area (Å²) in [7, 11) is 0. The van der Waals surface area contributed by atoms with Gasteiger partial charge in [-0.15, -0.1) is 11.6 Å². The molecule has 2 unspecified atom stereocenters. The highest BCUT2D eigenvalue weighted by Crippen LogP contribution is 2.33. The van der Waals surface area contributed by atoms with Crippen LogP contribution in [0.25, 0.3) is 0 Å². The van der Waals surface area contributed by atoms with Crippen molar-refractivity contribution in [1.82, 2.24) is 5.32 Å². The Hall–Kier alpha value is -2.04. The van der Waals surface area contributed by atoms with Crippen molar-refractivity contribution >= 4 is 23.3 Å². The second-order valence-electron chi connectivity index (χ2n) is 7.90. The zero-order valence-electron chi connectivity index (χ0n) is 17.6. The van der Waals surface area contributed by atoms with E-state index < -0.39 is 0 Å². The summed E-state index contributed by atoms with van der Waals surface area (Å²) in [5, 5.41) is 3.50. The van der Waals surface area contributed by atoms with Crippen molar-refractivity contribution in [2.45, 2.75) is 51.6 Å². The van der Waals surface area contributed by atoms with Crippen LogP contribution in [0.5, 0.6) is 0 Å². The summed E-state index contributed by atoms with van der Waals surface area (Å²) in [6.07, 6.45) is 2.87. The van der Waals surface area contributed by atoms with Crippen LogP contribution in [0, 0.1) is 6.92 Å². The van der Waals surface area contributed by atoms with Gasteiger partial charge in [-0.3, -0.25) is 10.1 Å². The first-order valence-electron chi connectivity index (χ1n) is 10.4. The highest BCUT2D eigenvalue weighted by atomic mass is 35.5. The molecule has 4 nitrogen and oxygen atoms in total. The Kier molecular flexibility index (Phi) is 7.57. The largest absolute Gasteiger partial charge is 0.466 e. The van der Waals surface area contributed by atoms with Crippen molar-refractivity contribution in [3.05, 3.63) is 64.7 Å². The van der Waals surface area contributed by atoms with E-state index in [1.807, 2.05) is 30.3 Å². The lowest BCUT2D eigenvalue weighted by Gasteiger charge is -2.23. The number of nitrogens with one attached hydrogen (secondary N) is 1. The van der Waals surface area contributed by atoms with Crippen LogP contribution in [0.3, 0.4) is 0 Å². The minimum Gasteiger partial charge on any atom is -0.466 e. The van der Waals surface area contributed by atoms with Gasteiger partial charge in [0.05, 0.1) is 6.61 Å². The molecule has 1 aliphatic heterocycles. The summed E-state index contributed by atoms with van der Waals surface area (Å²) >= 11 is 6.54. The van der Waals surface area contributed by atoms with E-state index >= 15 is 0 Å². The molecular formula is C24H31ClN2O2. The van der Waals surface area contributed by atoms with Crippen LogP contribution >= 0.6 is 11.6 Å². The van der Waals surface area contributed by atoms with E-state index in [4.69, 9.17) is 16.3 Å². The number of carbonyl (C=O) groups excluding carboxylic acids is 1. The van der Waals surface area contributed by atoms with Gasteiger partial charge in [-0.05, 0) is 55.4 Å². The van der Waals surface area contributed by atoms with Gasteiger partial charge < -0.3 is 9.64 Å². The topological polar surface area (TPSA) is 41.6 Å². The van der Waals surface area contributed by atoms with Gasteiger partial charge in [0.15, 0.2) is 0 Å². The molecule has 3 rings (SSSR count). The number of alkyl halides is 1. The molecule has 0 spiro atoms. The fraction of sp³-hybridized carbons (Fsp3) is 0.458. The van der Waals surface area contributed by atoms with Crippen LogP contribution in [0.1, 0.15) is 48.0 Å². The van der Waals surface area contributed by atoms with Gasteiger partial charge in [0.1, 0.15) is 5.50 Å². The van der Waals surface area contributed by atoms with Gasteiger partial charge in [-0.25, -0.2) is 0 Å². The minimum atomic E-state index is -0.207. The first-order chi connectivity index (χ1) is 13.9. The number of halogens is 1. The summed E-state index contributed by atoms with van der Waals surface area (Å²) in [4.78, 5) is 13.3. The second kappa shape index (κ2) is 10.1. The Labute approximate surface area is 179 Å². The molecule has 0 amide bonds. The number of ether oxygens (including phenoxy) is 1. The molecule has 0 saturated heterocycles. The average molecular weight is 415 g/mol. The zero-order chi connectivity index (χ0) is 20.8. The monoisotopic (exact) mass is 414 g/mol. The normalized spacial score (nSPS) is 15.1. The van der Waals surface area contributed by atoms with Crippen LogP contribution in [0.2, 0.25) is 0 Å². The molecule has 0 saturated carbocycles. The maximum absolute atomic E-state index is 10.9. The molecule has 0 aromatic heterocycles. The molecule has 0 fully saturated rings. The SMILES string of the molecule is CC(=O)OCCCN1CCc2cc(CC(C)NC(Cl)c3ccccc3)cc(C)c21. The molecule has 156 valence electrons. The second-order valence-corrected chi connectivity index (χ2v) is 8.33. The first-order valence-corrected chi connectivity index (χ1v) is 10.8. The van der Waals surface area contributed by atoms with Gasteiger partial charge in [-0.2, -0.15) is 0 Å². The van der Waals surface area contributed by atoms with Gasteiger partial charge in [0.2, 0.25) is 0 Å². The zero-order valence-corrected chi connectivity index (χ0v) is 18.3. The third kappa shape index (κ3) is 5.97. The molecule has 2 atom stereocenters. The van der Waals surface area contributed by atoms with Crippen LogP contribution in [0.15, 0.2) is 42.5 Å². The Morgan fingerprint density at radius 1 is 1.28 bits per heavy atom. The molecule has 0 bridgehead atoms. The minimum absolute atomic E-state index is 0.186. The third-order valence-corrected chi connectivity index (χ3v) is 5.73. The third-order valence-electron chi connectivity index (χ3n) is 5.35. The van der Waals surface area contributed by atoms with Crippen molar-refractivity contribution in [2.24, 2.45) is 0 Å². The molecule has 2 aromatic carbocycles. The van der Waals surface area contributed by atoms with Crippen molar-refractivity contribution in [3.8, 4) is 0 Å². The van der Waals surface area contributed by atoms with Crippen LogP contribution in [0.4, 0.5) is 5.69 Å². The molecule has 0 radical (unpaired) electrons. The van der Waals surface area contributed by atoms with E-state index in [-0.39, 0.29) is 17.5 Å². The number of esters is 1. The summed E-state index contributed by atoms with van der Waals surface area (Å²) < 4.78 is 5.06. The maximum Gasteiger partial charge on any atom is 0.302 e. The van der Waals surface area contributed by atoms with E-state index in [0.29, 0.717) is 6.61 Å². The summed E-state index contributed by atoms with van der Waals surface area (Å²) in [5.74, 6) is -0.207. The van der Waals surface area contributed by atoms with Gasteiger partial charge in [0.25, 0.3) is 0 Å². The molecule has 1 N–H and O–H groups in total. The van der Waals surface area contributed by atoms with Crippen LogP contribution in [-0.2, 0) is 22.4 Å². The first kappa shape index (κ1) is 21.7. The summed E-state index contributed by atoms with van der Waals surface area (Å²) in [5.41, 5.74) is 6.35. The van der Waals surface area contributed by atoms with E-state index in [1.54, 1.807) is 0 Å². The summed E-state index contributed by atoms with van der Waals surface area (Å²) in [6, 6.07) is 15.0. The molecule has 29 heavy (non-hydrogen) atoms. The van der Waals surface area contributed by atoms with Crippen LogP contribution < -0.4 is 10.2 Å². The Bertz CT molecular complexity index is 825. The summed E-state index contributed by atoms with van der Waals surface area (Å²) in [6.45, 7) is 8.28. The Morgan fingerprint density at radius 3 is 2.76 bits per heavy atom. The van der Waals surface area contributed by atoms with Crippen molar-refractivity contribution in [2.75, 3.05) is 24.6 Å². The lowest BCUT2D eigenvalue weighted by Crippen LogP contribution is -2.29. The van der Waals surface area contributed by atoms with Crippen molar-refractivity contribution in [1.29, 1.82) is 0 Å². The number of carbonyl (C=O) groups is 1. The number of hydrogen-bond acceptors (Lipinski definition) is 4. The standard InChI is InChI=1S/C24H31ClN2O2/c1-17-14-20(15-18(2)26-24(25)21-8-5-4-6-9-21)16-22-10-12-27(23(17)22)11-7-13-29-19(3)28/h4-6,8-9,14,16,18,24,26H,7,10-13,15H2,1-3H3. The lowest BCUT2D eigenvalue weighted by molar-refractivity contribution is -0.140. The predicted octanol–water partition coefficient (Wildman–Crippen LogP) is 4.77. The van der Waals surface area contributed by atoms with Crippen molar-refractivity contribution in [3.63, 3.8) is 0 Å². The average Bonchev–Trinajstić information content (AvgIpc) is 3.09. The van der Waals surface area contributed by atoms with E-state index in [0.717, 1.165) is 37.9 Å². The molecule has 1 aliphatic rings. The number of aryl methyl sites for hydroxylation is 1. The van der Waals surface area contributed by atoms with Gasteiger partial charge in [-0.1, -0.05) is 42.5 Å². The molecule has 1 heterocycles. The molecule has 0 aliphatic carbocycles. The van der Waals surface area contributed by atoms with Gasteiger partial charge >= 0.3 is 5.97 Å². The number of anilines is 1. The highest BCUT2D eigenvalue weighted by Gasteiger charge is 2.22. The van der Waals surface area contributed by atoms with E-state index in [1.165, 1.54) is 29.3 Å². The quantitative estimate of drug-likeness (QED) is 0.278. The Balaban J connectivity index is 1.58. The van der Waals surface area contributed by atoms with Crippen molar-refractivity contribution < 1.29 is 9.53 Å². The number of fused-ring (bicyclic) bond motifs is 1. The van der Waals surface area contributed by atoms with E-state index in [9.17, 15) is 4.79 Å². The van der Waals surface area contributed by atoms with E-state index in [2.05, 4.69) is 36.2 Å². The number of benzene rings is 2. The molecular weight excluding hydrogens is 384 g/mol. The fourth-order valence-electron chi connectivity index (χ4n) is 4.14. The smallest absolute Gasteiger partial charge is 0.302 e. The fourth-order valence-corrected chi connectivity index (χ4v) is 4.50. The number of rotatable bonds is 9. The lowest BCUT2D eigenvalue weighted by atomic mass is 9.99. The Morgan fingerprint density at radius 2 is 2.03 bits per heavy atom. The van der Waals surface area contributed by atoms with Crippen LogP contribution in [-0.4, -0.2) is 31.7 Å². The number of hydrogen-bond donors (Lipinski definition) is 1. The van der Waals surface area contributed by atoms with Gasteiger partial charge in [0, 0.05) is 31.7 Å². The molecule has 5 heteroatoms.